The van der Waals surface area contributed by atoms with E-state index in [4.69, 9.17) is 24.3 Å². The molecule has 4 rings (SSSR count). The van der Waals surface area contributed by atoms with Crippen molar-refractivity contribution in [2.45, 2.75) is 109 Å². The molecular weight excluding hydrogens is 677 g/mol. The van der Waals surface area contributed by atoms with Crippen molar-refractivity contribution < 1.29 is 19.0 Å². The molecule has 0 aliphatic carbocycles. The molecule has 2 unspecified atom stereocenters. The zero-order valence-electron chi connectivity index (χ0n) is 27.0. The topological polar surface area (TPSA) is 81.4 Å². The van der Waals surface area contributed by atoms with Crippen molar-refractivity contribution in [1.29, 1.82) is 0 Å². The molecule has 2 aromatic heterocycles. The van der Waals surface area contributed by atoms with E-state index in [-0.39, 0.29) is 18.2 Å². The Morgan fingerprint density at radius 3 is 2.21 bits per heavy atom. The summed E-state index contributed by atoms with van der Waals surface area (Å²) in [6.07, 6.45) is 6.51. The second-order valence-electron chi connectivity index (χ2n) is 15.0. The van der Waals surface area contributed by atoms with Crippen LogP contribution in [-0.4, -0.2) is 86.1 Å². The molecule has 0 spiro atoms. The summed E-state index contributed by atoms with van der Waals surface area (Å²) in [6, 6.07) is 4.47. The van der Waals surface area contributed by atoms with E-state index in [1.165, 1.54) is 5.57 Å². The van der Waals surface area contributed by atoms with E-state index in [1.54, 1.807) is 0 Å². The predicted octanol–water partition coefficient (Wildman–Crippen LogP) is 7.32. The van der Waals surface area contributed by atoms with Gasteiger partial charge in [-0.1, -0.05) is 45.4 Å². The molecule has 234 valence electrons. The molecule has 9 nitrogen and oxygen atoms in total. The SMILES string of the molecule is CC(C)(C)OC(=O)N1C2C=C(c3cc(N(COCC[Si](C)(C)C)COCC[Si](C)(C)C)n4ncc(I)c4n3)CC1CC2. The average Bonchev–Trinajstić information content (AvgIpc) is 3.36. The lowest BCUT2D eigenvalue weighted by Gasteiger charge is -2.35. The second-order valence-corrected chi connectivity index (χ2v) is 27.5. The van der Waals surface area contributed by atoms with Gasteiger partial charge in [-0.15, -0.1) is 0 Å². The Labute approximate surface area is 267 Å². The smallest absolute Gasteiger partial charge is 0.411 e. The Hall–Kier alpha value is -1.49. The van der Waals surface area contributed by atoms with Crippen molar-refractivity contribution in [2.75, 3.05) is 31.6 Å². The minimum atomic E-state index is -1.21. The highest BCUT2D eigenvalue weighted by molar-refractivity contribution is 14.1. The maximum absolute atomic E-state index is 13.0. The Morgan fingerprint density at radius 1 is 1.05 bits per heavy atom. The summed E-state index contributed by atoms with van der Waals surface area (Å²) >= 11 is 2.31. The molecule has 1 fully saturated rings. The lowest BCUT2D eigenvalue weighted by atomic mass is 9.98. The molecule has 42 heavy (non-hydrogen) atoms. The quantitative estimate of drug-likeness (QED) is 0.0982. The van der Waals surface area contributed by atoms with Crippen molar-refractivity contribution in [3.8, 4) is 0 Å². The molecule has 2 aliphatic heterocycles. The van der Waals surface area contributed by atoms with Crippen molar-refractivity contribution in [3.05, 3.63) is 27.6 Å². The number of hydrogen-bond donors (Lipinski definition) is 0. The molecule has 2 aliphatic rings. The average molecular weight is 728 g/mol. The molecular formula is C30H50IN5O4Si2. The van der Waals surface area contributed by atoms with Gasteiger partial charge in [0.15, 0.2) is 5.65 Å². The van der Waals surface area contributed by atoms with Gasteiger partial charge in [-0.2, -0.15) is 9.61 Å². The van der Waals surface area contributed by atoms with Gasteiger partial charge in [0.05, 0.1) is 21.5 Å². The lowest BCUT2D eigenvalue weighted by molar-refractivity contribution is 0.0175. The van der Waals surface area contributed by atoms with Crippen LogP contribution in [-0.2, 0) is 14.2 Å². The summed E-state index contributed by atoms with van der Waals surface area (Å²) in [5.41, 5.74) is 2.40. The zero-order valence-corrected chi connectivity index (χ0v) is 31.2. The van der Waals surface area contributed by atoms with Crippen LogP contribution in [0.2, 0.25) is 51.4 Å². The summed E-state index contributed by atoms with van der Waals surface area (Å²) in [5.74, 6) is 0.904. The van der Waals surface area contributed by atoms with Gasteiger partial charge in [0, 0.05) is 41.5 Å². The number of fused-ring (bicyclic) bond motifs is 3. The fourth-order valence-electron chi connectivity index (χ4n) is 5.21. The lowest BCUT2D eigenvalue weighted by Crippen LogP contribution is -2.45. The Balaban J connectivity index is 1.62. The summed E-state index contributed by atoms with van der Waals surface area (Å²) in [5, 5.41) is 4.69. The first-order valence-corrected chi connectivity index (χ1v) is 23.7. The third kappa shape index (κ3) is 9.02. The number of aromatic nitrogens is 3. The predicted molar refractivity (Wildman–Crippen MR) is 184 cm³/mol. The highest BCUT2D eigenvalue weighted by atomic mass is 127. The molecule has 2 atom stereocenters. The van der Waals surface area contributed by atoms with Gasteiger partial charge in [0.25, 0.3) is 0 Å². The number of halogens is 1. The first-order chi connectivity index (χ1) is 19.5. The van der Waals surface area contributed by atoms with Gasteiger partial charge in [-0.3, -0.25) is 4.90 Å². The van der Waals surface area contributed by atoms with Gasteiger partial charge in [0.1, 0.15) is 24.9 Å². The number of rotatable bonds is 12. The summed E-state index contributed by atoms with van der Waals surface area (Å²) < 4.78 is 21.1. The number of nitrogens with zero attached hydrogens (tertiary/aromatic N) is 5. The number of ether oxygens (including phenoxy) is 3. The Morgan fingerprint density at radius 2 is 1.67 bits per heavy atom. The van der Waals surface area contributed by atoms with Crippen molar-refractivity contribution in [1.82, 2.24) is 19.5 Å². The van der Waals surface area contributed by atoms with Crippen LogP contribution < -0.4 is 4.90 Å². The normalized spacial score (nSPS) is 19.4. The third-order valence-corrected chi connectivity index (χ3v) is 11.7. The van der Waals surface area contributed by atoms with E-state index in [0.717, 1.165) is 65.3 Å². The summed E-state index contributed by atoms with van der Waals surface area (Å²) in [6.45, 7) is 22.3. The van der Waals surface area contributed by atoms with Gasteiger partial charge in [-0.05, 0) is 80.3 Å². The van der Waals surface area contributed by atoms with Crippen LogP contribution >= 0.6 is 22.6 Å². The van der Waals surface area contributed by atoms with Crippen LogP contribution in [0.4, 0.5) is 10.6 Å². The Bertz CT molecular complexity index is 1260. The van der Waals surface area contributed by atoms with E-state index < -0.39 is 21.7 Å². The molecule has 0 radical (unpaired) electrons. The zero-order chi connectivity index (χ0) is 30.9. The molecule has 0 N–H and O–H groups in total. The van der Waals surface area contributed by atoms with E-state index in [0.29, 0.717) is 13.5 Å². The molecule has 2 aromatic rings. The summed E-state index contributed by atoms with van der Waals surface area (Å²) in [4.78, 5) is 22.2. The molecule has 4 heterocycles. The van der Waals surface area contributed by atoms with Gasteiger partial charge in [-0.25, -0.2) is 9.78 Å². The maximum Gasteiger partial charge on any atom is 0.411 e. The monoisotopic (exact) mass is 727 g/mol. The van der Waals surface area contributed by atoms with Gasteiger partial charge < -0.3 is 19.1 Å². The minimum Gasteiger partial charge on any atom is -0.444 e. The number of carbonyl (C=O) groups excluding carboxylic acids is 1. The highest BCUT2D eigenvalue weighted by Crippen LogP contribution is 2.40. The van der Waals surface area contributed by atoms with Crippen LogP contribution in [0.5, 0.6) is 0 Å². The highest BCUT2D eigenvalue weighted by Gasteiger charge is 2.42. The molecule has 0 aromatic carbocycles. The number of amides is 1. The number of hydrogen-bond acceptors (Lipinski definition) is 7. The molecule has 12 heteroatoms. The van der Waals surface area contributed by atoms with Crippen LogP contribution in [0.25, 0.3) is 11.2 Å². The molecule has 1 amide bonds. The molecule has 2 bridgehead atoms. The van der Waals surface area contributed by atoms with E-state index in [9.17, 15) is 4.79 Å². The van der Waals surface area contributed by atoms with Crippen molar-refractivity contribution in [3.63, 3.8) is 0 Å². The fraction of sp³-hybridized carbons (Fsp3) is 0.700. The standard InChI is InChI=1S/C30H50IN5O4Si2/c1-30(2,3)40-29(37)35-23-10-11-24(35)17-22(16-23)26-18-27(36-28(33-26)25(31)19-32-36)34(20-38-12-14-41(4,5)6)21-39-13-15-42(7,8)9/h16,18-19,23-24H,10-15,17,20-21H2,1-9H3. The van der Waals surface area contributed by atoms with Crippen molar-refractivity contribution >= 4 is 61.9 Å². The fourth-order valence-corrected chi connectivity index (χ4v) is 7.19. The van der Waals surface area contributed by atoms with Crippen LogP contribution in [0.3, 0.4) is 0 Å². The van der Waals surface area contributed by atoms with E-state index >= 15 is 0 Å². The number of anilines is 1. The van der Waals surface area contributed by atoms with Gasteiger partial charge in [0.2, 0.25) is 0 Å². The van der Waals surface area contributed by atoms with E-state index in [2.05, 4.69) is 78.9 Å². The van der Waals surface area contributed by atoms with Crippen LogP contribution in [0.1, 0.15) is 45.7 Å². The second kappa shape index (κ2) is 13.2. The largest absolute Gasteiger partial charge is 0.444 e. The summed E-state index contributed by atoms with van der Waals surface area (Å²) in [7, 11) is -2.42. The van der Waals surface area contributed by atoms with Crippen molar-refractivity contribution in [2.24, 2.45) is 0 Å². The number of carbonyl (C=O) groups is 1. The first-order valence-electron chi connectivity index (χ1n) is 15.2. The van der Waals surface area contributed by atoms with E-state index in [1.807, 2.05) is 36.4 Å². The Kier molecular flexibility index (Phi) is 10.5. The molecule has 1 saturated heterocycles. The molecule has 0 saturated carbocycles. The van der Waals surface area contributed by atoms with Crippen LogP contribution in [0, 0.1) is 3.57 Å². The maximum atomic E-state index is 13.0. The minimum absolute atomic E-state index is 0.0185. The third-order valence-electron chi connectivity index (χ3n) is 7.55. The van der Waals surface area contributed by atoms with Crippen LogP contribution in [0.15, 0.2) is 18.3 Å². The van der Waals surface area contributed by atoms with Gasteiger partial charge >= 0.3 is 6.09 Å². The first kappa shape index (κ1) is 33.4.